The number of carbonyl (C=O) groups excluding carboxylic acids is 1. The Morgan fingerprint density at radius 1 is 1.46 bits per heavy atom. The van der Waals surface area contributed by atoms with E-state index in [9.17, 15) is 9.28 Å². The number of carbonyl (C=O) groups is 1. The van der Waals surface area contributed by atoms with Crippen molar-refractivity contribution in [3.05, 3.63) is 30.3 Å². The van der Waals surface area contributed by atoms with Crippen LogP contribution in [-0.2, 0) is 0 Å². The van der Waals surface area contributed by atoms with Crippen LogP contribution in [0.15, 0.2) is 30.3 Å². The molecule has 0 aliphatic carbocycles. The van der Waals surface area contributed by atoms with Crippen LogP contribution in [-0.4, -0.2) is 12.6 Å². The Morgan fingerprint density at radius 3 is 2.54 bits per heavy atom. The van der Waals surface area contributed by atoms with E-state index in [1.54, 1.807) is 31.2 Å². The van der Waals surface area contributed by atoms with Gasteiger partial charge in [-0.15, -0.1) is 0 Å². The minimum Gasteiger partial charge on any atom is -0.293 e. The van der Waals surface area contributed by atoms with Crippen molar-refractivity contribution >= 4 is 11.7 Å². The molecule has 0 fully saturated rings. The largest absolute Gasteiger partial charge is 0.349 e. The van der Waals surface area contributed by atoms with Crippen LogP contribution < -0.4 is 10.4 Å². The Hall–Kier alpha value is -1.58. The molecule has 13 heavy (non-hydrogen) atoms. The summed E-state index contributed by atoms with van der Waals surface area (Å²) in [6, 6.07) is 8.18. The fourth-order valence-electron chi connectivity index (χ4n) is 1.10. The van der Waals surface area contributed by atoms with Crippen molar-refractivity contribution in [1.82, 2.24) is 5.54 Å². The van der Waals surface area contributed by atoms with Crippen molar-refractivity contribution in [1.29, 1.82) is 0 Å². The number of rotatable bonds is 2. The summed E-state index contributed by atoms with van der Waals surface area (Å²) in [5.41, 5.74) is 1.78. The third-order valence-electron chi connectivity index (χ3n) is 1.71. The van der Waals surface area contributed by atoms with Crippen LogP contribution in [0.2, 0.25) is 0 Å². The number of hydrogen-bond donors (Lipinski definition) is 1. The molecule has 0 atom stereocenters. The third kappa shape index (κ3) is 2.18. The number of amides is 2. The van der Waals surface area contributed by atoms with Gasteiger partial charge in [-0.2, -0.15) is 5.54 Å². The van der Waals surface area contributed by atoms with Crippen LogP contribution in [0.1, 0.15) is 6.92 Å². The van der Waals surface area contributed by atoms with E-state index in [1.165, 1.54) is 4.90 Å². The lowest BCUT2D eigenvalue weighted by Crippen LogP contribution is -2.36. The van der Waals surface area contributed by atoms with Crippen molar-refractivity contribution < 1.29 is 9.28 Å². The molecule has 0 aliphatic rings. The van der Waals surface area contributed by atoms with E-state index in [0.29, 0.717) is 12.2 Å². The van der Waals surface area contributed by atoms with Gasteiger partial charge in [0.15, 0.2) is 0 Å². The highest BCUT2D eigenvalue weighted by Crippen LogP contribution is 2.12. The van der Waals surface area contributed by atoms with Gasteiger partial charge in [0.05, 0.1) is 0 Å². The molecule has 4 heteroatoms. The summed E-state index contributed by atoms with van der Waals surface area (Å²) in [6.45, 7) is 2.21. The zero-order chi connectivity index (χ0) is 9.68. The summed E-state index contributed by atoms with van der Waals surface area (Å²) < 4.78 is 11.9. The van der Waals surface area contributed by atoms with Crippen LogP contribution in [0.3, 0.4) is 0 Å². The Kier molecular flexibility index (Phi) is 3.25. The fourth-order valence-corrected chi connectivity index (χ4v) is 1.10. The van der Waals surface area contributed by atoms with Crippen molar-refractivity contribution in [3.63, 3.8) is 0 Å². The van der Waals surface area contributed by atoms with Crippen LogP contribution in [0.25, 0.3) is 0 Å². The first-order valence-corrected chi connectivity index (χ1v) is 4.02. The zero-order valence-corrected chi connectivity index (χ0v) is 7.33. The van der Waals surface area contributed by atoms with E-state index >= 15 is 0 Å². The molecule has 0 heterocycles. The highest BCUT2D eigenvalue weighted by atomic mass is 19.2. The Morgan fingerprint density at radius 2 is 2.08 bits per heavy atom. The third-order valence-corrected chi connectivity index (χ3v) is 1.71. The van der Waals surface area contributed by atoms with Crippen molar-refractivity contribution in [2.75, 3.05) is 11.4 Å². The lowest BCUT2D eigenvalue weighted by molar-refractivity contribution is 0.223. The van der Waals surface area contributed by atoms with Gasteiger partial charge in [-0.1, -0.05) is 22.7 Å². The minimum absolute atomic E-state index is 0.430. The maximum atomic E-state index is 11.9. The van der Waals surface area contributed by atoms with Gasteiger partial charge in [-0.25, -0.2) is 4.79 Å². The van der Waals surface area contributed by atoms with Crippen LogP contribution in [0, 0.1) is 0 Å². The second kappa shape index (κ2) is 4.45. The maximum absolute atomic E-state index is 11.9. The molecule has 1 aromatic rings. The number of halogens is 1. The summed E-state index contributed by atoms with van der Waals surface area (Å²) in [4.78, 5) is 12.3. The molecule has 70 valence electrons. The molecule has 0 spiro atoms. The molecule has 1 N–H and O–H groups in total. The summed E-state index contributed by atoms with van der Waals surface area (Å²) in [5, 5.41) is 0. The molecule has 1 aromatic carbocycles. The molecular formula is C9H11FN2O. The summed E-state index contributed by atoms with van der Waals surface area (Å²) in [6.07, 6.45) is 0. The number of para-hydroxylation sites is 1. The average molecular weight is 182 g/mol. The van der Waals surface area contributed by atoms with E-state index in [1.807, 2.05) is 6.07 Å². The van der Waals surface area contributed by atoms with E-state index < -0.39 is 6.03 Å². The van der Waals surface area contributed by atoms with Crippen LogP contribution in [0.4, 0.5) is 15.0 Å². The van der Waals surface area contributed by atoms with Crippen molar-refractivity contribution in [3.8, 4) is 0 Å². The first kappa shape index (κ1) is 9.51. The molecule has 0 saturated heterocycles. The van der Waals surface area contributed by atoms with Gasteiger partial charge >= 0.3 is 6.03 Å². The molecule has 1 rings (SSSR count). The number of hydrogen-bond acceptors (Lipinski definition) is 1. The average Bonchev–Trinajstić information content (AvgIpc) is 2.20. The molecule has 3 nitrogen and oxygen atoms in total. The van der Waals surface area contributed by atoms with Crippen molar-refractivity contribution in [2.45, 2.75) is 6.92 Å². The highest BCUT2D eigenvalue weighted by molar-refractivity contribution is 5.91. The summed E-state index contributed by atoms with van der Waals surface area (Å²) >= 11 is 0. The fraction of sp³-hybridized carbons (Fsp3) is 0.222. The SMILES string of the molecule is CCN(C(=O)NF)c1ccccc1. The number of benzene rings is 1. The van der Waals surface area contributed by atoms with Crippen molar-refractivity contribution in [2.24, 2.45) is 0 Å². The molecule has 0 aliphatic heterocycles. The van der Waals surface area contributed by atoms with Crippen LogP contribution in [0.5, 0.6) is 0 Å². The minimum atomic E-state index is -0.742. The van der Waals surface area contributed by atoms with E-state index in [-0.39, 0.29) is 0 Å². The second-order valence-corrected chi connectivity index (χ2v) is 2.48. The number of nitrogens with zero attached hydrogens (tertiary/aromatic N) is 1. The Labute approximate surface area is 76.1 Å². The normalized spacial score (nSPS) is 9.38. The quantitative estimate of drug-likeness (QED) is 0.698. The Balaban J connectivity index is 2.85. The number of anilines is 1. The molecular weight excluding hydrogens is 171 g/mol. The van der Waals surface area contributed by atoms with Gasteiger partial charge in [-0.05, 0) is 19.1 Å². The predicted octanol–water partition coefficient (Wildman–Crippen LogP) is 2.11. The lowest BCUT2D eigenvalue weighted by atomic mass is 10.3. The summed E-state index contributed by atoms with van der Waals surface area (Å²) in [5.74, 6) is 0. The standard InChI is InChI=1S/C9H11FN2O/c1-2-12(9(13)11-10)8-6-4-3-5-7-8/h3-7H,2H2,1H3,(H,11,13). The summed E-state index contributed by atoms with van der Waals surface area (Å²) in [7, 11) is 0. The first-order chi connectivity index (χ1) is 6.29. The topological polar surface area (TPSA) is 32.3 Å². The van der Waals surface area contributed by atoms with Gasteiger partial charge in [0.1, 0.15) is 0 Å². The van der Waals surface area contributed by atoms with Gasteiger partial charge < -0.3 is 0 Å². The second-order valence-electron chi connectivity index (χ2n) is 2.48. The predicted molar refractivity (Wildman–Crippen MR) is 49.1 cm³/mol. The molecule has 2 amide bonds. The van der Waals surface area contributed by atoms with E-state index in [4.69, 9.17) is 0 Å². The van der Waals surface area contributed by atoms with E-state index in [2.05, 4.69) is 0 Å². The highest BCUT2D eigenvalue weighted by Gasteiger charge is 2.11. The molecule has 0 saturated carbocycles. The van der Waals surface area contributed by atoms with Gasteiger partial charge in [-0.3, -0.25) is 4.90 Å². The molecule has 0 bridgehead atoms. The van der Waals surface area contributed by atoms with Gasteiger partial charge in [0, 0.05) is 12.2 Å². The van der Waals surface area contributed by atoms with Crippen LogP contribution >= 0.6 is 0 Å². The van der Waals surface area contributed by atoms with Gasteiger partial charge in [0.25, 0.3) is 0 Å². The molecule has 0 aromatic heterocycles. The number of urea groups is 1. The lowest BCUT2D eigenvalue weighted by Gasteiger charge is -2.18. The Bertz CT molecular complexity index is 276. The molecule has 0 radical (unpaired) electrons. The zero-order valence-electron chi connectivity index (χ0n) is 7.33. The number of nitrogens with one attached hydrogen (secondary N) is 1. The maximum Gasteiger partial charge on any atom is 0.349 e. The van der Waals surface area contributed by atoms with Gasteiger partial charge in [0.2, 0.25) is 0 Å². The molecule has 0 unspecified atom stereocenters. The monoisotopic (exact) mass is 182 g/mol. The van der Waals surface area contributed by atoms with E-state index in [0.717, 1.165) is 5.54 Å². The smallest absolute Gasteiger partial charge is 0.293 e. The first-order valence-electron chi connectivity index (χ1n) is 4.02.